The van der Waals surface area contributed by atoms with Crippen LogP contribution in [0.1, 0.15) is 0 Å². The molecule has 1 heterocycles. The van der Waals surface area contributed by atoms with Crippen molar-refractivity contribution < 1.29 is 14.9 Å². The van der Waals surface area contributed by atoms with Gasteiger partial charge in [-0.15, -0.1) is 0 Å². The van der Waals surface area contributed by atoms with Crippen molar-refractivity contribution in [1.29, 1.82) is 0 Å². The molecule has 0 amide bonds. The third kappa shape index (κ3) is 2.97. The van der Waals surface area contributed by atoms with Crippen molar-refractivity contribution in [2.75, 3.05) is 13.2 Å². The average molecular weight is 326 g/mol. The number of nitrogens with zero attached hydrogens (tertiary/aromatic N) is 2. The lowest BCUT2D eigenvalue weighted by Gasteiger charge is -2.13. The zero-order valence-corrected chi connectivity index (χ0v) is 12.0. The van der Waals surface area contributed by atoms with Crippen molar-refractivity contribution in [2.45, 2.75) is 12.8 Å². The van der Waals surface area contributed by atoms with Gasteiger partial charge in [0.1, 0.15) is 18.4 Å². The predicted octanol–water partition coefficient (Wildman–Crippen LogP) is 2.32. The van der Waals surface area contributed by atoms with Gasteiger partial charge in [-0.25, -0.2) is 4.98 Å². The molecule has 19 heavy (non-hydrogen) atoms. The van der Waals surface area contributed by atoms with Crippen LogP contribution in [-0.4, -0.2) is 39.1 Å². The lowest BCUT2D eigenvalue weighted by atomic mass is 10.3. The van der Waals surface area contributed by atoms with Gasteiger partial charge in [0.25, 0.3) is 0 Å². The number of halogens is 3. The second kappa shape index (κ2) is 6.26. The van der Waals surface area contributed by atoms with Gasteiger partial charge in [-0.05, 0) is 23.7 Å². The summed E-state index contributed by atoms with van der Waals surface area (Å²) in [7, 11) is 0. The minimum absolute atomic E-state index is 0.0408. The maximum absolute atomic E-state index is 8.94. The number of rotatable bonds is 5. The summed E-state index contributed by atoms with van der Waals surface area (Å²) in [6.07, 6.45) is -0.670. The highest BCUT2D eigenvalue weighted by atomic mass is 35.5. The van der Waals surface area contributed by atoms with Crippen LogP contribution in [0.5, 0.6) is 0 Å². The van der Waals surface area contributed by atoms with E-state index in [9.17, 15) is 0 Å². The summed E-state index contributed by atoms with van der Waals surface area (Å²) in [5.41, 5.74) is 1.14. The first-order valence-corrected chi connectivity index (χ1v) is 6.55. The summed E-state index contributed by atoms with van der Waals surface area (Å²) in [6, 6.07) is 3.36. The number of hydrogen-bond donors (Lipinski definition) is 2. The zero-order chi connectivity index (χ0) is 14.0. The lowest BCUT2D eigenvalue weighted by molar-refractivity contribution is -0.0486. The third-order valence-electron chi connectivity index (χ3n) is 2.61. The van der Waals surface area contributed by atoms with E-state index in [4.69, 9.17) is 49.8 Å². The molecule has 2 N–H and O–H groups in total. The third-order valence-corrected chi connectivity index (χ3v) is 3.69. The van der Waals surface area contributed by atoms with E-state index in [0.29, 0.717) is 21.1 Å². The molecule has 0 unspecified atom stereocenters. The highest BCUT2D eigenvalue weighted by molar-refractivity contribution is 6.45. The standard InChI is InChI=1S/C11H11Cl3N2O3/c12-7-1-2-8-10(9(7)13)15-11(14)16(8)5-19-6(3-17)4-18/h1-2,6,17-18H,3-5H2. The van der Waals surface area contributed by atoms with E-state index in [1.807, 2.05) is 0 Å². The van der Waals surface area contributed by atoms with Crippen LogP contribution in [0.3, 0.4) is 0 Å². The van der Waals surface area contributed by atoms with Gasteiger partial charge in [0.15, 0.2) is 0 Å². The molecular weight excluding hydrogens is 314 g/mol. The molecule has 0 bridgehead atoms. The molecule has 8 heteroatoms. The maximum Gasteiger partial charge on any atom is 0.205 e. The topological polar surface area (TPSA) is 67.5 Å². The number of aromatic nitrogens is 2. The van der Waals surface area contributed by atoms with E-state index < -0.39 is 6.10 Å². The highest BCUT2D eigenvalue weighted by Gasteiger charge is 2.15. The van der Waals surface area contributed by atoms with Crippen LogP contribution >= 0.6 is 34.8 Å². The van der Waals surface area contributed by atoms with E-state index in [0.717, 1.165) is 0 Å². The van der Waals surface area contributed by atoms with Gasteiger partial charge in [0, 0.05) is 0 Å². The molecule has 0 spiro atoms. The molecule has 0 aliphatic heterocycles. The maximum atomic E-state index is 8.94. The Kier molecular flexibility index (Phi) is 4.89. The van der Waals surface area contributed by atoms with Gasteiger partial charge in [-0.3, -0.25) is 4.57 Å². The summed E-state index contributed by atoms with van der Waals surface area (Å²) >= 11 is 17.9. The number of imidazole rings is 1. The fourth-order valence-corrected chi connectivity index (χ4v) is 2.15. The minimum atomic E-state index is -0.670. The largest absolute Gasteiger partial charge is 0.394 e. The Bertz CT molecular complexity index is 584. The van der Waals surface area contributed by atoms with Crippen LogP contribution in [0.25, 0.3) is 11.0 Å². The van der Waals surface area contributed by atoms with Gasteiger partial charge >= 0.3 is 0 Å². The van der Waals surface area contributed by atoms with Crippen molar-refractivity contribution in [1.82, 2.24) is 9.55 Å². The summed E-state index contributed by atoms with van der Waals surface area (Å²) < 4.78 is 6.87. The first-order valence-electron chi connectivity index (χ1n) is 5.41. The number of aliphatic hydroxyl groups is 2. The molecule has 5 nitrogen and oxygen atoms in total. The van der Waals surface area contributed by atoms with Crippen LogP contribution in [0.15, 0.2) is 12.1 Å². The molecule has 2 aromatic rings. The number of benzene rings is 1. The molecule has 0 radical (unpaired) electrons. The summed E-state index contributed by atoms with van der Waals surface area (Å²) in [4.78, 5) is 4.11. The van der Waals surface area contributed by atoms with Crippen LogP contribution < -0.4 is 0 Å². The van der Waals surface area contributed by atoms with Crippen LogP contribution in [0.4, 0.5) is 0 Å². The fraction of sp³-hybridized carbons (Fsp3) is 0.364. The van der Waals surface area contributed by atoms with Crippen molar-refractivity contribution in [3.63, 3.8) is 0 Å². The van der Waals surface area contributed by atoms with E-state index in [1.165, 1.54) is 0 Å². The van der Waals surface area contributed by atoms with Gasteiger partial charge in [-0.2, -0.15) is 0 Å². The summed E-state index contributed by atoms with van der Waals surface area (Å²) in [5, 5.41) is 18.8. The Morgan fingerprint density at radius 2 is 1.89 bits per heavy atom. The monoisotopic (exact) mass is 324 g/mol. The van der Waals surface area contributed by atoms with E-state index in [1.54, 1.807) is 16.7 Å². The quantitative estimate of drug-likeness (QED) is 0.885. The molecule has 1 aromatic heterocycles. The Balaban J connectivity index is 2.33. The van der Waals surface area contributed by atoms with Crippen LogP contribution in [0, 0.1) is 0 Å². The molecule has 0 aliphatic carbocycles. The Labute approximate surface area is 124 Å². The Morgan fingerprint density at radius 3 is 2.53 bits per heavy atom. The fourth-order valence-electron chi connectivity index (χ4n) is 1.57. The van der Waals surface area contributed by atoms with Crippen molar-refractivity contribution in [2.24, 2.45) is 0 Å². The molecule has 0 saturated heterocycles. The molecule has 2 rings (SSSR count). The van der Waals surface area contributed by atoms with E-state index >= 15 is 0 Å². The second-order valence-electron chi connectivity index (χ2n) is 3.82. The lowest BCUT2D eigenvalue weighted by Crippen LogP contribution is -2.23. The van der Waals surface area contributed by atoms with Crippen molar-refractivity contribution in [3.05, 3.63) is 27.5 Å². The Hall–Kier alpha value is -0.560. The van der Waals surface area contributed by atoms with Gasteiger partial charge in [0.05, 0.1) is 28.8 Å². The first-order chi connectivity index (χ1) is 9.08. The smallest absolute Gasteiger partial charge is 0.205 e. The Morgan fingerprint density at radius 1 is 1.21 bits per heavy atom. The number of hydrogen-bond acceptors (Lipinski definition) is 4. The molecule has 0 atom stereocenters. The second-order valence-corrected chi connectivity index (χ2v) is 4.94. The molecule has 0 fully saturated rings. The first kappa shape index (κ1) is 14.8. The molecule has 0 saturated carbocycles. The van der Waals surface area contributed by atoms with Crippen molar-refractivity contribution in [3.8, 4) is 0 Å². The highest BCUT2D eigenvalue weighted by Crippen LogP contribution is 2.32. The average Bonchev–Trinajstić information content (AvgIpc) is 2.73. The molecule has 1 aromatic carbocycles. The normalized spacial score (nSPS) is 11.7. The molecule has 0 aliphatic rings. The van der Waals surface area contributed by atoms with Gasteiger partial charge in [-0.1, -0.05) is 23.2 Å². The van der Waals surface area contributed by atoms with Crippen LogP contribution in [-0.2, 0) is 11.5 Å². The van der Waals surface area contributed by atoms with E-state index in [-0.39, 0.29) is 25.2 Å². The number of aliphatic hydroxyl groups excluding tert-OH is 2. The SMILES string of the molecule is OCC(CO)OCn1c(Cl)nc2c(Cl)c(Cl)ccc21. The van der Waals surface area contributed by atoms with Crippen LogP contribution in [0.2, 0.25) is 15.3 Å². The molecule has 104 valence electrons. The summed E-state index contributed by atoms with van der Waals surface area (Å²) in [5.74, 6) is 0. The predicted molar refractivity (Wildman–Crippen MR) is 73.8 cm³/mol. The van der Waals surface area contributed by atoms with Crippen molar-refractivity contribution >= 4 is 45.8 Å². The minimum Gasteiger partial charge on any atom is -0.394 e. The summed E-state index contributed by atoms with van der Waals surface area (Å²) in [6.45, 7) is -0.528. The zero-order valence-electron chi connectivity index (χ0n) is 9.68. The van der Waals surface area contributed by atoms with E-state index in [2.05, 4.69) is 4.98 Å². The van der Waals surface area contributed by atoms with Gasteiger partial charge < -0.3 is 14.9 Å². The van der Waals surface area contributed by atoms with Gasteiger partial charge in [0.2, 0.25) is 5.28 Å². The number of ether oxygens (including phenoxy) is 1. The number of fused-ring (bicyclic) bond motifs is 1. The molecular formula is C11H11Cl3N2O3.